The Morgan fingerprint density at radius 1 is 1.20 bits per heavy atom. The lowest BCUT2D eigenvalue weighted by molar-refractivity contribution is 0.0913. The van der Waals surface area contributed by atoms with Gasteiger partial charge in [0, 0.05) is 11.1 Å². The summed E-state index contributed by atoms with van der Waals surface area (Å²) >= 11 is 5.82. The van der Waals surface area contributed by atoms with Crippen molar-refractivity contribution in [2.24, 2.45) is 5.14 Å². The zero-order valence-electron chi connectivity index (χ0n) is 13.7. The molecule has 25 heavy (non-hydrogen) atoms. The first-order chi connectivity index (χ1) is 11.5. The summed E-state index contributed by atoms with van der Waals surface area (Å²) in [5.74, 6) is -0.795. The van der Waals surface area contributed by atoms with Crippen LogP contribution in [-0.4, -0.2) is 19.9 Å². The van der Waals surface area contributed by atoms with Crippen LogP contribution in [0, 0.1) is 5.82 Å². The maximum absolute atomic E-state index is 13.0. The third kappa shape index (κ3) is 5.26. The molecule has 2 aromatic rings. The van der Waals surface area contributed by atoms with Crippen LogP contribution in [0.2, 0.25) is 5.02 Å². The Morgan fingerprint density at radius 3 is 2.36 bits per heavy atom. The Bertz CT molecular complexity index is 897. The van der Waals surface area contributed by atoms with E-state index in [-0.39, 0.29) is 21.3 Å². The lowest BCUT2D eigenvalue weighted by atomic mass is 9.94. The van der Waals surface area contributed by atoms with Crippen LogP contribution in [0.1, 0.15) is 29.8 Å². The van der Waals surface area contributed by atoms with E-state index in [2.05, 4.69) is 5.32 Å². The third-order valence-corrected chi connectivity index (χ3v) is 4.90. The second kappa shape index (κ2) is 7.11. The van der Waals surface area contributed by atoms with Gasteiger partial charge in [0.1, 0.15) is 10.7 Å². The van der Waals surface area contributed by atoms with Gasteiger partial charge < -0.3 is 5.32 Å². The fraction of sp³-hybridized carbons (Fsp3) is 0.235. The Balaban J connectivity index is 2.19. The highest BCUT2D eigenvalue weighted by atomic mass is 35.5. The Hall–Kier alpha value is -1.96. The van der Waals surface area contributed by atoms with Gasteiger partial charge in [-0.25, -0.2) is 17.9 Å². The van der Waals surface area contributed by atoms with Crippen molar-refractivity contribution in [2.75, 3.05) is 0 Å². The van der Waals surface area contributed by atoms with Crippen molar-refractivity contribution < 1.29 is 17.6 Å². The summed E-state index contributed by atoms with van der Waals surface area (Å²) in [5.41, 5.74) is 0.338. The van der Waals surface area contributed by atoms with Crippen molar-refractivity contribution in [1.29, 1.82) is 0 Å². The standard InChI is InChI=1S/C17H18ClFN2O3S/c1-17(2,10-11-3-6-13(19)7-4-11)21-16(22)12-5-8-14(18)15(9-12)25(20,23)24/h3-9H,10H2,1-2H3,(H,21,22)(H2,20,23,24). The lowest BCUT2D eigenvalue weighted by Gasteiger charge is -2.26. The van der Waals surface area contributed by atoms with Crippen LogP contribution >= 0.6 is 11.6 Å². The number of sulfonamides is 1. The molecule has 0 heterocycles. The molecule has 3 N–H and O–H groups in total. The van der Waals surface area contributed by atoms with Crippen molar-refractivity contribution in [3.63, 3.8) is 0 Å². The molecule has 0 aromatic heterocycles. The maximum Gasteiger partial charge on any atom is 0.251 e. The van der Waals surface area contributed by atoms with E-state index in [0.29, 0.717) is 6.42 Å². The maximum atomic E-state index is 13.0. The highest BCUT2D eigenvalue weighted by Crippen LogP contribution is 2.22. The van der Waals surface area contributed by atoms with Crippen LogP contribution < -0.4 is 10.5 Å². The number of hydrogen-bond donors (Lipinski definition) is 2. The Labute approximate surface area is 151 Å². The van der Waals surface area contributed by atoms with Crippen LogP contribution in [-0.2, 0) is 16.4 Å². The van der Waals surface area contributed by atoms with Crippen molar-refractivity contribution in [3.8, 4) is 0 Å². The molecule has 0 aliphatic carbocycles. The quantitative estimate of drug-likeness (QED) is 0.830. The molecule has 0 saturated heterocycles. The molecule has 8 heteroatoms. The first-order valence-electron chi connectivity index (χ1n) is 7.37. The molecule has 0 saturated carbocycles. The van der Waals surface area contributed by atoms with Crippen LogP contribution in [0.25, 0.3) is 0 Å². The predicted octanol–water partition coefficient (Wildman–Crippen LogP) is 2.88. The van der Waals surface area contributed by atoms with Gasteiger partial charge in [0.05, 0.1) is 5.02 Å². The Kier molecular flexibility index (Phi) is 5.51. The second-order valence-corrected chi connectivity index (χ2v) is 8.27. The molecule has 0 aliphatic rings. The third-order valence-electron chi connectivity index (χ3n) is 3.51. The summed E-state index contributed by atoms with van der Waals surface area (Å²) in [7, 11) is -4.03. The topological polar surface area (TPSA) is 89.3 Å². The smallest absolute Gasteiger partial charge is 0.251 e. The lowest BCUT2D eigenvalue weighted by Crippen LogP contribution is -2.45. The van der Waals surface area contributed by atoms with E-state index in [1.54, 1.807) is 12.1 Å². The largest absolute Gasteiger partial charge is 0.347 e. The monoisotopic (exact) mass is 384 g/mol. The van der Waals surface area contributed by atoms with E-state index in [1.165, 1.54) is 24.3 Å². The van der Waals surface area contributed by atoms with Gasteiger partial charge in [-0.1, -0.05) is 23.7 Å². The molecule has 0 atom stereocenters. The summed E-state index contributed by atoms with van der Waals surface area (Å²) in [6, 6.07) is 9.86. The van der Waals surface area contributed by atoms with E-state index in [4.69, 9.17) is 16.7 Å². The van der Waals surface area contributed by atoms with E-state index in [9.17, 15) is 17.6 Å². The average Bonchev–Trinajstić information content (AvgIpc) is 2.48. The van der Waals surface area contributed by atoms with Gasteiger partial charge in [-0.05, 0) is 56.2 Å². The normalized spacial score (nSPS) is 12.0. The zero-order chi connectivity index (χ0) is 18.8. The minimum atomic E-state index is -4.03. The van der Waals surface area contributed by atoms with Gasteiger partial charge in [-0.2, -0.15) is 0 Å². The summed E-state index contributed by atoms with van der Waals surface area (Å²) in [6.07, 6.45) is 0.467. The fourth-order valence-corrected chi connectivity index (χ4v) is 3.47. The number of primary sulfonamides is 1. The summed E-state index contributed by atoms with van der Waals surface area (Å²) in [6.45, 7) is 3.62. The van der Waals surface area contributed by atoms with E-state index >= 15 is 0 Å². The number of halogens is 2. The van der Waals surface area contributed by atoms with Crippen LogP contribution in [0.15, 0.2) is 47.4 Å². The molecular formula is C17H18ClFN2O3S. The fourth-order valence-electron chi connectivity index (χ4n) is 2.40. The number of nitrogens with one attached hydrogen (secondary N) is 1. The molecule has 0 aliphatic heterocycles. The number of carbonyl (C=O) groups excluding carboxylic acids is 1. The molecule has 1 amide bonds. The number of hydrogen-bond acceptors (Lipinski definition) is 3. The minimum Gasteiger partial charge on any atom is -0.347 e. The van der Waals surface area contributed by atoms with Crippen molar-refractivity contribution in [3.05, 3.63) is 64.4 Å². The highest BCUT2D eigenvalue weighted by molar-refractivity contribution is 7.89. The zero-order valence-corrected chi connectivity index (χ0v) is 15.3. The first kappa shape index (κ1) is 19.4. The van der Waals surface area contributed by atoms with E-state index in [0.717, 1.165) is 11.6 Å². The van der Waals surface area contributed by atoms with Gasteiger partial charge >= 0.3 is 0 Å². The highest BCUT2D eigenvalue weighted by Gasteiger charge is 2.23. The molecule has 0 unspecified atom stereocenters. The van der Waals surface area contributed by atoms with Crippen LogP contribution in [0.4, 0.5) is 4.39 Å². The van der Waals surface area contributed by atoms with Crippen molar-refractivity contribution in [2.45, 2.75) is 30.7 Å². The molecule has 134 valence electrons. The average molecular weight is 385 g/mol. The van der Waals surface area contributed by atoms with Gasteiger partial charge in [-0.15, -0.1) is 0 Å². The van der Waals surface area contributed by atoms with Gasteiger partial charge in [-0.3, -0.25) is 4.79 Å². The number of amides is 1. The number of rotatable bonds is 5. The van der Waals surface area contributed by atoms with Crippen LogP contribution in [0.3, 0.4) is 0 Å². The second-order valence-electron chi connectivity index (χ2n) is 6.33. The SMILES string of the molecule is CC(C)(Cc1ccc(F)cc1)NC(=O)c1ccc(Cl)c(S(N)(=O)=O)c1. The molecule has 0 bridgehead atoms. The number of nitrogens with two attached hydrogens (primary N) is 1. The van der Waals surface area contributed by atoms with E-state index in [1.807, 2.05) is 13.8 Å². The molecule has 0 radical (unpaired) electrons. The molecule has 2 rings (SSSR count). The molecule has 0 spiro atoms. The van der Waals surface area contributed by atoms with Gasteiger partial charge in [0.2, 0.25) is 10.0 Å². The predicted molar refractivity (Wildman–Crippen MR) is 94.5 cm³/mol. The summed E-state index contributed by atoms with van der Waals surface area (Å²) < 4.78 is 36.0. The number of benzene rings is 2. The molecule has 0 fully saturated rings. The van der Waals surface area contributed by atoms with Gasteiger partial charge in [0.15, 0.2) is 0 Å². The minimum absolute atomic E-state index is 0.0513. The molecule has 5 nitrogen and oxygen atoms in total. The Morgan fingerprint density at radius 2 is 1.80 bits per heavy atom. The molecule has 2 aromatic carbocycles. The summed E-state index contributed by atoms with van der Waals surface area (Å²) in [5, 5.41) is 7.86. The van der Waals surface area contributed by atoms with Gasteiger partial charge in [0.25, 0.3) is 5.91 Å². The van der Waals surface area contributed by atoms with Crippen molar-refractivity contribution in [1.82, 2.24) is 5.32 Å². The first-order valence-corrected chi connectivity index (χ1v) is 9.30. The van der Waals surface area contributed by atoms with Crippen molar-refractivity contribution >= 4 is 27.5 Å². The summed E-state index contributed by atoms with van der Waals surface area (Å²) in [4.78, 5) is 12.1. The molecular weight excluding hydrogens is 367 g/mol. The van der Waals surface area contributed by atoms with E-state index < -0.39 is 21.5 Å². The van der Waals surface area contributed by atoms with Crippen LogP contribution in [0.5, 0.6) is 0 Å². The number of carbonyl (C=O) groups is 1.